The molecule has 0 saturated carbocycles. The molecule has 0 spiro atoms. The van der Waals surface area contributed by atoms with Crippen LogP contribution in [0, 0.1) is 6.92 Å². The number of aryl methyl sites for hydroxylation is 1. The molecular weight excluding hydrogens is 608 g/mol. The summed E-state index contributed by atoms with van der Waals surface area (Å²) < 4.78 is 5.02. The molecule has 0 aliphatic carbocycles. The van der Waals surface area contributed by atoms with Gasteiger partial charge in [0.15, 0.2) is 5.82 Å². The van der Waals surface area contributed by atoms with Gasteiger partial charge < -0.3 is 20.3 Å². The summed E-state index contributed by atoms with van der Waals surface area (Å²) in [5, 5.41) is 16.9. The van der Waals surface area contributed by atoms with E-state index < -0.39 is 33.3 Å². The van der Waals surface area contributed by atoms with Gasteiger partial charge in [0.1, 0.15) is 11.0 Å². The van der Waals surface area contributed by atoms with Crippen molar-refractivity contribution in [2.45, 2.75) is 17.1 Å². The third kappa shape index (κ3) is 6.51. The molecule has 0 radical (unpaired) electrons. The largest absolute Gasteiger partial charge is 0.478 e. The van der Waals surface area contributed by atoms with Gasteiger partial charge in [-0.2, -0.15) is 0 Å². The van der Waals surface area contributed by atoms with E-state index in [4.69, 9.17) is 50.9 Å². The molecule has 1 unspecified atom stereocenters. The van der Waals surface area contributed by atoms with Gasteiger partial charge >= 0.3 is 5.97 Å². The first-order valence-corrected chi connectivity index (χ1v) is 13.4. The number of thioether (sulfide) groups is 1. The fourth-order valence-electron chi connectivity index (χ4n) is 3.51. The van der Waals surface area contributed by atoms with Crippen LogP contribution in [0.1, 0.15) is 37.3 Å². The molecule has 0 aliphatic rings. The first-order valence-electron chi connectivity index (χ1n) is 11.0. The van der Waals surface area contributed by atoms with Gasteiger partial charge in [-0.3, -0.25) is 9.59 Å². The van der Waals surface area contributed by atoms with Gasteiger partial charge in [0, 0.05) is 16.6 Å². The maximum Gasteiger partial charge on any atom is 0.338 e. The Morgan fingerprint density at radius 1 is 0.872 bits per heavy atom. The molecule has 1 heterocycles. The Kier molecular flexibility index (Phi) is 9.09. The van der Waals surface area contributed by atoms with Crippen LogP contribution >= 0.6 is 58.2 Å². The molecule has 0 fully saturated rings. The molecule has 8 nitrogen and oxygen atoms in total. The maximum atomic E-state index is 13.1. The van der Waals surface area contributed by atoms with Crippen LogP contribution in [0.4, 0.5) is 11.5 Å². The zero-order valence-corrected chi connectivity index (χ0v) is 23.6. The van der Waals surface area contributed by atoms with Gasteiger partial charge in [0.05, 0.1) is 31.2 Å². The monoisotopic (exact) mass is 623 g/mol. The number of halogens is 4. The van der Waals surface area contributed by atoms with E-state index >= 15 is 0 Å². The molecule has 0 aliphatic heterocycles. The van der Waals surface area contributed by atoms with E-state index in [2.05, 4.69) is 15.8 Å². The Morgan fingerprint density at radius 3 is 2.05 bits per heavy atom. The van der Waals surface area contributed by atoms with Crippen molar-refractivity contribution in [2.75, 3.05) is 10.6 Å². The number of hydrogen-bond donors (Lipinski definition) is 3. The van der Waals surface area contributed by atoms with Gasteiger partial charge in [-0.15, -0.1) is 11.8 Å². The second-order valence-corrected chi connectivity index (χ2v) is 10.7. The lowest BCUT2D eigenvalue weighted by Gasteiger charge is -2.17. The molecular formula is C26H17Cl4N3O5S. The first kappa shape index (κ1) is 28.8. The molecule has 3 N–H and O–H groups in total. The smallest absolute Gasteiger partial charge is 0.338 e. The molecule has 4 aromatic rings. The Morgan fingerprint density at radius 2 is 1.49 bits per heavy atom. The summed E-state index contributed by atoms with van der Waals surface area (Å²) in [6, 6.07) is 17.4. The second-order valence-electron chi connectivity index (χ2n) is 8.01. The second kappa shape index (κ2) is 12.3. The number of carbonyl (C=O) groups excluding carboxylic acids is 2. The number of nitrogens with zero attached hydrogens (tertiary/aromatic N) is 1. The van der Waals surface area contributed by atoms with Crippen molar-refractivity contribution in [2.24, 2.45) is 0 Å². The number of aromatic carboxylic acids is 1. The molecule has 3 aromatic carbocycles. The quantitative estimate of drug-likeness (QED) is 0.103. The molecule has 0 saturated heterocycles. The van der Waals surface area contributed by atoms with Crippen LogP contribution in [-0.2, 0) is 4.79 Å². The van der Waals surface area contributed by atoms with Crippen LogP contribution in [-0.4, -0.2) is 28.0 Å². The van der Waals surface area contributed by atoms with Crippen molar-refractivity contribution >= 4 is 87.5 Å². The summed E-state index contributed by atoms with van der Waals surface area (Å²) in [5.74, 6) is -1.78. The summed E-state index contributed by atoms with van der Waals surface area (Å²) >= 11 is 25.5. The number of nitrogens with one attached hydrogen (secondary N) is 2. The molecule has 4 rings (SSSR count). The van der Waals surface area contributed by atoms with Crippen LogP contribution in [0.2, 0.25) is 20.1 Å². The summed E-state index contributed by atoms with van der Waals surface area (Å²) in [6.07, 6.45) is 0. The molecule has 200 valence electrons. The predicted octanol–water partition coefficient (Wildman–Crippen LogP) is 8.02. The highest BCUT2D eigenvalue weighted by molar-refractivity contribution is 8.00. The van der Waals surface area contributed by atoms with Crippen LogP contribution in [0.25, 0.3) is 0 Å². The van der Waals surface area contributed by atoms with Gasteiger partial charge in [0.2, 0.25) is 5.91 Å². The minimum Gasteiger partial charge on any atom is -0.478 e. The molecule has 39 heavy (non-hydrogen) atoms. The van der Waals surface area contributed by atoms with E-state index in [1.807, 2.05) is 30.3 Å². The molecule has 1 atom stereocenters. The molecule has 13 heteroatoms. The zero-order chi connectivity index (χ0) is 28.3. The lowest BCUT2D eigenvalue weighted by Crippen LogP contribution is -2.19. The summed E-state index contributed by atoms with van der Waals surface area (Å²) in [5.41, 5.74) is 0.105. The normalized spacial score (nSPS) is 11.6. The van der Waals surface area contributed by atoms with Gasteiger partial charge in [-0.1, -0.05) is 81.9 Å². The van der Waals surface area contributed by atoms with Gasteiger partial charge in [-0.25, -0.2) is 4.79 Å². The van der Waals surface area contributed by atoms with Crippen molar-refractivity contribution in [3.05, 3.63) is 103 Å². The molecule has 2 amide bonds. The van der Waals surface area contributed by atoms with Crippen LogP contribution < -0.4 is 10.6 Å². The molecule has 0 bridgehead atoms. The first-order chi connectivity index (χ1) is 18.6. The number of benzene rings is 3. The van der Waals surface area contributed by atoms with Gasteiger partial charge in [0.25, 0.3) is 5.91 Å². The third-order valence-electron chi connectivity index (χ3n) is 5.29. The fraction of sp³-hybridized carbons (Fsp3) is 0.0769. The van der Waals surface area contributed by atoms with E-state index in [0.717, 1.165) is 10.5 Å². The van der Waals surface area contributed by atoms with Crippen LogP contribution in [0.5, 0.6) is 0 Å². The van der Waals surface area contributed by atoms with Crippen molar-refractivity contribution in [3.63, 3.8) is 0 Å². The number of carbonyl (C=O) groups is 3. The highest BCUT2D eigenvalue weighted by Gasteiger charge is 2.29. The van der Waals surface area contributed by atoms with E-state index in [1.165, 1.54) is 11.8 Å². The number of aromatic nitrogens is 1. The van der Waals surface area contributed by atoms with E-state index in [-0.39, 0.29) is 21.0 Å². The van der Waals surface area contributed by atoms with Crippen LogP contribution in [0.15, 0.2) is 70.1 Å². The number of amides is 2. The highest BCUT2D eigenvalue weighted by atomic mass is 35.5. The minimum absolute atomic E-state index is 0.240. The highest BCUT2D eigenvalue weighted by Crippen LogP contribution is 2.42. The van der Waals surface area contributed by atoms with Gasteiger partial charge in [-0.05, 0) is 36.8 Å². The predicted molar refractivity (Wildman–Crippen MR) is 153 cm³/mol. The average Bonchev–Trinajstić information content (AvgIpc) is 3.33. The maximum absolute atomic E-state index is 13.1. The lowest BCUT2D eigenvalue weighted by atomic mass is 10.1. The average molecular weight is 625 g/mol. The van der Waals surface area contributed by atoms with Crippen molar-refractivity contribution < 1.29 is 24.0 Å². The fourth-order valence-corrected chi connectivity index (χ4v) is 5.55. The van der Waals surface area contributed by atoms with Crippen molar-refractivity contribution in [1.82, 2.24) is 5.16 Å². The number of carboxylic acids is 1. The Hall–Kier alpha value is -3.21. The van der Waals surface area contributed by atoms with Crippen molar-refractivity contribution in [3.8, 4) is 0 Å². The van der Waals surface area contributed by atoms with E-state index in [0.29, 0.717) is 17.3 Å². The standard InChI is InChI=1S/C26H17Cl4N3O5S/c1-12-11-16(33-38-12)32-25(35)23(13-5-3-2-4-6-13)39-15-9-7-14(8-10-15)31-24(34)17-18(26(36)37)20(28)22(30)21(29)19(17)27/h2-11,23H,1H3,(H,31,34)(H,36,37)(H,32,33,35). The van der Waals surface area contributed by atoms with Crippen molar-refractivity contribution in [1.29, 1.82) is 0 Å². The number of anilines is 2. The SMILES string of the molecule is Cc1cc(NC(=O)C(Sc2ccc(NC(=O)c3c(Cl)c(Cl)c(Cl)c(Cl)c3C(=O)O)cc2)c2ccccc2)no1. The Balaban J connectivity index is 1.55. The summed E-state index contributed by atoms with van der Waals surface area (Å²) in [6.45, 7) is 1.72. The zero-order valence-electron chi connectivity index (χ0n) is 19.8. The third-order valence-corrected chi connectivity index (χ3v) is 8.36. The minimum atomic E-state index is -1.50. The van der Waals surface area contributed by atoms with Crippen LogP contribution in [0.3, 0.4) is 0 Å². The topological polar surface area (TPSA) is 122 Å². The number of rotatable bonds is 8. The number of hydrogen-bond acceptors (Lipinski definition) is 6. The Labute approximate surface area is 246 Å². The molecule has 1 aromatic heterocycles. The van der Waals surface area contributed by atoms with E-state index in [1.54, 1.807) is 37.3 Å². The summed E-state index contributed by atoms with van der Waals surface area (Å²) in [4.78, 5) is 38.6. The van der Waals surface area contributed by atoms with E-state index in [9.17, 15) is 19.5 Å². The number of carboxylic acid groups (broad SMARTS) is 1. The Bertz CT molecular complexity index is 1560. The lowest BCUT2D eigenvalue weighted by molar-refractivity contribution is -0.115. The summed E-state index contributed by atoms with van der Waals surface area (Å²) in [7, 11) is 0.